The molecule has 0 saturated carbocycles. The number of aromatic nitrogens is 2. The van der Waals surface area contributed by atoms with Crippen molar-refractivity contribution < 1.29 is 4.79 Å². The van der Waals surface area contributed by atoms with Crippen LogP contribution in [0.4, 0.5) is 5.69 Å². The molecule has 1 aromatic heterocycles. The Hall–Kier alpha value is -1.56. The molecule has 1 unspecified atom stereocenters. The predicted molar refractivity (Wildman–Crippen MR) is 74.9 cm³/mol. The van der Waals surface area contributed by atoms with E-state index in [-0.39, 0.29) is 5.91 Å². The number of aryl methyl sites for hydroxylation is 1. The van der Waals surface area contributed by atoms with Gasteiger partial charge in [-0.1, -0.05) is 13.3 Å². The van der Waals surface area contributed by atoms with Gasteiger partial charge in [-0.25, -0.2) is 0 Å². The molecule has 106 valence electrons. The van der Waals surface area contributed by atoms with Crippen molar-refractivity contribution in [2.45, 2.75) is 26.2 Å². The molecular weight excluding hydrogens is 242 g/mol. The molecule has 0 aromatic carbocycles. The van der Waals surface area contributed by atoms with Crippen molar-refractivity contribution in [1.29, 1.82) is 0 Å². The minimum atomic E-state index is -0.175. The van der Waals surface area contributed by atoms with E-state index in [1.165, 1.54) is 0 Å². The second kappa shape index (κ2) is 6.06. The summed E-state index contributed by atoms with van der Waals surface area (Å²) < 4.78 is 0. The molecule has 0 bridgehead atoms. The van der Waals surface area contributed by atoms with Gasteiger partial charge in [0.15, 0.2) is 5.69 Å². The highest BCUT2D eigenvalue weighted by molar-refractivity contribution is 5.97. The highest BCUT2D eigenvalue weighted by Crippen LogP contribution is 2.16. The number of nitrogen functional groups attached to an aromatic ring is 1. The van der Waals surface area contributed by atoms with Gasteiger partial charge in [0, 0.05) is 13.1 Å². The third kappa shape index (κ3) is 3.26. The standard InChI is InChI=1S/C13H23N5O/c1-3-4-10-11(14)12(17-16-10)13(19)15-7-9-5-6-18(2)8-9/h9H,3-8,14H2,1-2H3,(H,15,19)(H,16,17). The lowest BCUT2D eigenvalue weighted by atomic mass is 10.1. The summed E-state index contributed by atoms with van der Waals surface area (Å²) in [5, 5.41) is 9.80. The van der Waals surface area contributed by atoms with E-state index in [1.54, 1.807) is 0 Å². The van der Waals surface area contributed by atoms with Crippen LogP contribution < -0.4 is 11.1 Å². The number of likely N-dealkylation sites (tertiary alicyclic amines) is 1. The van der Waals surface area contributed by atoms with Gasteiger partial charge in [0.25, 0.3) is 5.91 Å². The van der Waals surface area contributed by atoms with Gasteiger partial charge in [0.2, 0.25) is 0 Å². The Kier molecular flexibility index (Phi) is 4.42. The Balaban J connectivity index is 1.89. The Morgan fingerprint density at radius 2 is 2.42 bits per heavy atom. The molecule has 6 nitrogen and oxygen atoms in total. The minimum Gasteiger partial charge on any atom is -0.395 e. The summed E-state index contributed by atoms with van der Waals surface area (Å²) >= 11 is 0. The van der Waals surface area contributed by atoms with Crippen LogP contribution in [0.2, 0.25) is 0 Å². The van der Waals surface area contributed by atoms with Crippen LogP contribution in [0, 0.1) is 5.92 Å². The number of nitrogens with two attached hydrogens (primary N) is 1. The average Bonchev–Trinajstić information content (AvgIpc) is 2.95. The SMILES string of the molecule is CCCc1[nH]nc(C(=O)NCC2CCN(C)C2)c1N. The van der Waals surface area contributed by atoms with Crippen LogP contribution in [0.5, 0.6) is 0 Å². The third-order valence-corrected chi connectivity index (χ3v) is 3.64. The van der Waals surface area contributed by atoms with Gasteiger partial charge in [-0.15, -0.1) is 0 Å². The molecule has 4 N–H and O–H groups in total. The van der Waals surface area contributed by atoms with E-state index in [9.17, 15) is 4.79 Å². The summed E-state index contributed by atoms with van der Waals surface area (Å²) in [6.45, 7) is 4.90. The Morgan fingerprint density at radius 1 is 1.63 bits per heavy atom. The monoisotopic (exact) mass is 265 g/mol. The second-order valence-electron chi connectivity index (χ2n) is 5.34. The molecule has 1 saturated heterocycles. The maximum Gasteiger partial charge on any atom is 0.273 e. The second-order valence-corrected chi connectivity index (χ2v) is 5.34. The Labute approximate surface area is 113 Å². The molecule has 1 atom stereocenters. The van der Waals surface area contributed by atoms with Gasteiger partial charge in [-0.3, -0.25) is 9.89 Å². The summed E-state index contributed by atoms with van der Waals surface area (Å²) in [7, 11) is 2.10. The van der Waals surface area contributed by atoms with Crippen LogP contribution in [0.15, 0.2) is 0 Å². The number of hydrogen-bond acceptors (Lipinski definition) is 4. The highest BCUT2D eigenvalue weighted by atomic mass is 16.1. The lowest BCUT2D eigenvalue weighted by Crippen LogP contribution is -2.31. The van der Waals surface area contributed by atoms with Crippen LogP contribution in [0.25, 0.3) is 0 Å². The number of hydrogen-bond donors (Lipinski definition) is 3. The molecule has 2 heterocycles. The molecule has 6 heteroatoms. The number of rotatable bonds is 5. The summed E-state index contributed by atoms with van der Waals surface area (Å²) in [6.07, 6.45) is 2.93. The quantitative estimate of drug-likeness (QED) is 0.728. The number of nitrogens with zero attached hydrogens (tertiary/aromatic N) is 2. The van der Waals surface area contributed by atoms with Crippen molar-refractivity contribution in [3.63, 3.8) is 0 Å². The minimum absolute atomic E-state index is 0.175. The maximum absolute atomic E-state index is 12.0. The van der Waals surface area contributed by atoms with Crippen molar-refractivity contribution in [3.8, 4) is 0 Å². The van der Waals surface area contributed by atoms with Gasteiger partial charge < -0.3 is 16.0 Å². The first-order valence-electron chi connectivity index (χ1n) is 6.91. The van der Waals surface area contributed by atoms with Gasteiger partial charge in [-0.2, -0.15) is 5.10 Å². The van der Waals surface area contributed by atoms with Crippen LogP contribution in [-0.4, -0.2) is 47.7 Å². The summed E-state index contributed by atoms with van der Waals surface area (Å²) in [5.41, 5.74) is 7.61. The van der Waals surface area contributed by atoms with Crippen molar-refractivity contribution in [1.82, 2.24) is 20.4 Å². The molecule has 1 aliphatic rings. The van der Waals surface area contributed by atoms with Crippen molar-refractivity contribution in [2.75, 3.05) is 32.4 Å². The van der Waals surface area contributed by atoms with Crippen molar-refractivity contribution in [3.05, 3.63) is 11.4 Å². The molecule has 0 aliphatic carbocycles. The zero-order valence-corrected chi connectivity index (χ0v) is 11.7. The third-order valence-electron chi connectivity index (χ3n) is 3.64. The van der Waals surface area contributed by atoms with E-state index in [1.807, 2.05) is 0 Å². The highest BCUT2D eigenvalue weighted by Gasteiger charge is 2.22. The van der Waals surface area contributed by atoms with Crippen LogP contribution in [0.1, 0.15) is 35.9 Å². The topological polar surface area (TPSA) is 87.0 Å². The fourth-order valence-electron chi connectivity index (χ4n) is 2.51. The lowest BCUT2D eigenvalue weighted by molar-refractivity contribution is 0.0943. The Morgan fingerprint density at radius 3 is 3.05 bits per heavy atom. The van der Waals surface area contributed by atoms with E-state index < -0.39 is 0 Å². The first-order valence-corrected chi connectivity index (χ1v) is 6.91. The molecule has 1 aromatic rings. The molecular formula is C13H23N5O. The fourth-order valence-corrected chi connectivity index (χ4v) is 2.51. The van der Waals surface area contributed by atoms with Gasteiger partial charge in [0.05, 0.1) is 11.4 Å². The zero-order chi connectivity index (χ0) is 13.8. The van der Waals surface area contributed by atoms with Gasteiger partial charge in [-0.05, 0) is 32.4 Å². The zero-order valence-electron chi connectivity index (χ0n) is 11.7. The number of anilines is 1. The first kappa shape index (κ1) is 13.9. The number of carbonyl (C=O) groups is 1. The van der Waals surface area contributed by atoms with Crippen LogP contribution in [0.3, 0.4) is 0 Å². The van der Waals surface area contributed by atoms with Crippen LogP contribution >= 0.6 is 0 Å². The molecule has 1 amide bonds. The molecule has 0 radical (unpaired) electrons. The first-order chi connectivity index (χ1) is 9.11. The maximum atomic E-state index is 12.0. The van der Waals surface area contributed by atoms with E-state index in [0.717, 1.165) is 38.0 Å². The smallest absolute Gasteiger partial charge is 0.273 e. The molecule has 1 aliphatic heterocycles. The fraction of sp³-hybridized carbons (Fsp3) is 0.692. The summed E-state index contributed by atoms with van der Waals surface area (Å²) in [6, 6.07) is 0. The van der Waals surface area contributed by atoms with Crippen molar-refractivity contribution in [2.24, 2.45) is 5.92 Å². The number of aromatic amines is 1. The Bertz CT molecular complexity index is 442. The molecule has 1 fully saturated rings. The van der Waals surface area contributed by atoms with E-state index in [0.29, 0.717) is 23.8 Å². The molecule has 19 heavy (non-hydrogen) atoms. The van der Waals surface area contributed by atoms with E-state index >= 15 is 0 Å². The number of nitrogens with one attached hydrogen (secondary N) is 2. The van der Waals surface area contributed by atoms with Gasteiger partial charge in [0.1, 0.15) is 0 Å². The molecule has 0 spiro atoms. The number of H-pyrrole nitrogens is 1. The predicted octanol–water partition coefficient (Wildman–Crippen LogP) is 0.626. The van der Waals surface area contributed by atoms with Crippen LogP contribution in [-0.2, 0) is 6.42 Å². The lowest BCUT2D eigenvalue weighted by Gasteiger charge is -2.11. The average molecular weight is 265 g/mol. The number of carbonyl (C=O) groups excluding carboxylic acids is 1. The van der Waals surface area contributed by atoms with Gasteiger partial charge >= 0.3 is 0 Å². The molecule has 2 rings (SSSR count). The number of amides is 1. The van der Waals surface area contributed by atoms with Crippen molar-refractivity contribution >= 4 is 11.6 Å². The summed E-state index contributed by atoms with van der Waals surface area (Å²) in [5.74, 6) is 0.356. The van der Waals surface area contributed by atoms with E-state index in [2.05, 4.69) is 34.4 Å². The normalized spacial score (nSPS) is 19.8. The largest absolute Gasteiger partial charge is 0.395 e. The summed E-state index contributed by atoms with van der Waals surface area (Å²) in [4.78, 5) is 14.3. The van der Waals surface area contributed by atoms with E-state index in [4.69, 9.17) is 5.73 Å².